The van der Waals surface area contributed by atoms with Gasteiger partial charge in [-0.2, -0.15) is 0 Å². The summed E-state index contributed by atoms with van der Waals surface area (Å²) in [5, 5.41) is 6.67. The van der Waals surface area contributed by atoms with E-state index >= 15 is 0 Å². The molecule has 0 aliphatic rings. The Morgan fingerprint density at radius 3 is 3.10 bits per heavy atom. The van der Waals surface area contributed by atoms with Crippen molar-refractivity contribution < 1.29 is 4.74 Å². The lowest BCUT2D eigenvalue weighted by Gasteiger charge is -2.09. The van der Waals surface area contributed by atoms with Crippen molar-refractivity contribution in [1.82, 2.24) is 4.98 Å². The number of anilines is 1. The number of pyridine rings is 1. The molecule has 0 aliphatic carbocycles. The molecule has 0 atom stereocenters. The lowest BCUT2D eigenvalue weighted by atomic mass is 10.2. The highest BCUT2D eigenvalue weighted by molar-refractivity contribution is 7.17. The van der Waals surface area contributed by atoms with Gasteiger partial charge in [0.15, 0.2) is 0 Å². The highest BCUT2D eigenvalue weighted by atomic mass is 32.1. The molecule has 0 amide bonds. The molecule has 0 fully saturated rings. The fourth-order valence-corrected chi connectivity index (χ4v) is 2.92. The first-order chi connectivity index (χ1) is 9.86. The minimum absolute atomic E-state index is 0.687. The van der Waals surface area contributed by atoms with Crippen LogP contribution in [0.3, 0.4) is 0 Å². The maximum Gasteiger partial charge on any atom is 0.134 e. The van der Waals surface area contributed by atoms with E-state index in [0.29, 0.717) is 6.61 Å². The zero-order valence-corrected chi connectivity index (χ0v) is 12.1. The fourth-order valence-electron chi connectivity index (χ4n) is 2.13. The minimum Gasteiger partial charge on any atom is -0.494 e. The van der Waals surface area contributed by atoms with E-state index in [9.17, 15) is 0 Å². The van der Waals surface area contributed by atoms with Gasteiger partial charge in [0.25, 0.3) is 0 Å². The van der Waals surface area contributed by atoms with Crippen LogP contribution in [-0.4, -0.2) is 11.6 Å². The second-order valence-electron chi connectivity index (χ2n) is 4.43. The molecule has 102 valence electrons. The van der Waals surface area contributed by atoms with Crippen LogP contribution in [-0.2, 0) is 6.54 Å². The van der Waals surface area contributed by atoms with E-state index in [1.165, 1.54) is 15.6 Å². The van der Waals surface area contributed by atoms with Gasteiger partial charge >= 0.3 is 0 Å². The molecular formula is C16H16N2OS. The predicted molar refractivity (Wildman–Crippen MR) is 84.6 cm³/mol. The quantitative estimate of drug-likeness (QED) is 0.758. The van der Waals surface area contributed by atoms with Gasteiger partial charge in [-0.3, -0.25) is 0 Å². The standard InChI is InChI=1S/C16H16N2OS/c1-2-19-13-5-3-4-12(10-13)11-18-16-14-7-9-20-15(14)6-8-17-16/h3-10H,2,11H2,1H3,(H,17,18). The number of hydrogen-bond donors (Lipinski definition) is 1. The molecule has 0 saturated heterocycles. The lowest BCUT2D eigenvalue weighted by molar-refractivity contribution is 0.340. The van der Waals surface area contributed by atoms with Gasteiger partial charge in [0.2, 0.25) is 0 Å². The predicted octanol–water partition coefficient (Wildman–Crippen LogP) is 4.31. The van der Waals surface area contributed by atoms with Crippen LogP contribution in [0.15, 0.2) is 48.0 Å². The first kappa shape index (κ1) is 12.9. The van der Waals surface area contributed by atoms with Crippen LogP contribution in [0.4, 0.5) is 5.82 Å². The third kappa shape index (κ3) is 2.75. The zero-order valence-electron chi connectivity index (χ0n) is 11.3. The van der Waals surface area contributed by atoms with Crippen molar-refractivity contribution in [3.63, 3.8) is 0 Å². The molecule has 20 heavy (non-hydrogen) atoms. The Morgan fingerprint density at radius 1 is 1.25 bits per heavy atom. The molecule has 2 heterocycles. The largest absolute Gasteiger partial charge is 0.494 e. The smallest absolute Gasteiger partial charge is 0.134 e. The number of benzene rings is 1. The molecule has 0 aliphatic heterocycles. The van der Waals surface area contributed by atoms with Gasteiger partial charge in [-0.05, 0) is 42.1 Å². The highest BCUT2D eigenvalue weighted by Crippen LogP contribution is 2.26. The zero-order chi connectivity index (χ0) is 13.8. The number of ether oxygens (including phenoxy) is 1. The molecule has 0 unspecified atom stereocenters. The van der Waals surface area contributed by atoms with Crippen molar-refractivity contribution in [2.75, 3.05) is 11.9 Å². The van der Waals surface area contributed by atoms with Crippen molar-refractivity contribution in [3.05, 3.63) is 53.5 Å². The fraction of sp³-hybridized carbons (Fsp3) is 0.188. The first-order valence-electron chi connectivity index (χ1n) is 6.64. The van der Waals surface area contributed by atoms with Gasteiger partial charge < -0.3 is 10.1 Å². The van der Waals surface area contributed by atoms with Crippen LogP contribution in [0, 0.1) is 0 Å². The molecule has 3 rings (SSSR count). The summed E-state index contributed by atoms with van der Waals surface area (Å²) in [5.74, 6) is 1.85. The second-order valence-corrected chi connectivity index (χ2v) is 5.37. The van der Waals surface area contributed by atoms with Crippen molar-refractivity contribution in [2.24, 2.45) is 0 Å². The summed E-state index contributed by atoms with van der Waals surface area (Å²) in [6.07, 6.45) is 1.85. The Morgan fingerprint density at radius 2 is 2.20 bits per heavy atom. The first-order valence-corrected chi connectivity index (χ1v) is 7.52. The lowest BCUT2D eigenvalue weighted by Crippen LogP contribution is -2.02. The summed E-state index contributed by atoms with van der Waals surface area (Å²) in [5.41, 5.74) is 1.19. The molecule has 4 heteroatoms. The van der Waals surface area contributed by atoms with Crippen molar-refractivity contribution >= 4 is 27.2 Å². The highest BCUT2D eigenvalue weighted by Gasteiger charge is 2.03. The molecule has 3 nitrogen and oxygen atoms in total. The molecule has 0 radical (unpaired) electrons. The number of hydrogen-bond acceptors (Lipinski definition) is 4. The third-order valence-corrected chi connectivity index (χ3v) is 3.93. The molecule has 0 bridgehead atoms. The number of fused-ring (bicyclic) bond motifs is 1. The molecule has 3 aromatic rings. The summed E-state index contributed by atoms with van der Waals surface area (Å²) in [7, 11) is 0. The van der Waals surface area contributed by atoms with Crippen LogP contribution in [0.5, 0.6) is 5.75 Å². The Labute approximate surface area is 122 Å². The summed E-state index contributed by atoms with van der Waals surface area (Å²) >= 11 is 1.73. The van der Waals surface area contributed by atoms with Gasteiger partial charge in [-0.1, -0.05) is 12.1 Å². The SMILES string of the molecule is CCOc1cccc(CNc2nccc3sccc23)c1. The van der Waals surface area contributed by atoms with Gasteiger partial charge in [0.1, 0.15) is 11.6 Å². The maximum absolute atomic E-state index is 5.51. The van der Waals surface area contributed by atoms with Crippen molar-refractivity contribution in [3.8, 4) is 5.75 Å². The number of thiophene rings is 1. The second kappa shape index (κ2) is 5.92. The van der Waals surface area contributed by atoms with Gasteiger partial charge in [-0.15, -0.1) is 11.3 Å². The average molecular weight is 284 g/mol. The van der Waals surface area contributed by atoms with E-state index in [1.807, 2.05) is 31.3 Å². The minimum atomic E-state index is 0.687. The molecule has 1 N–H and O–H groups in total. The third-order valence-electron chi connectivity index (χ3n) is 3.05. The van der Waals surface area contributed by atoms with E-state index in [0.717, 1.165) is 18.1 Å². The monoisotopic (exact) mass is 284 g/mol. The average Bonchev–Trinajstić information content (AvgIpc) is 2.95. The molecule has 2 aromatic heterocycles. The Balaban J connectivity index is 1.76. The number of rotatable bonds is 5. The van der Waals surface area contributed by atoms with E-state index in [1.54, 1.807) is 11.3 Å². The summed E-state index contributed by atoms with van der Waals surface area (Å²) in [4.78, 5) is 4.42. The molecule has 0 spiro atoms. The van der Waals surface area contributed by atoms with E-state index in [4.69, 9.17) is 4.74 Å². The number of aromatic nitrogens is 1. The Kier molecular flexibility index (Phi) is 3.83. The van der Waals surface area contributed by atoms with Gasteiger partial charge in [-0.25, -0.2) is 4.98 Å². The summed E-state index contributed by atoms with van der Waals surface area (Å²) < 4.78 is 6.77. The Bertz CT molecular complexity index is 708. The molecular weight excluding hydrogens is 268 g/mol. The maximum atomic E-state index is 5.51. The summed E-state index contributed by atoms with van der Waals surface area (Å²) in [6.45, 7) is 3.42. The van der Waals surface area contributed by atoms with Crippen LogP contribution in [0.25, 0.3) is 10.1 Å². The molecule has 0 saturated carbocycles. The normalized spacial score (nSPS) is 10.7. The van der Waals surface area contributed by atoms with Gasteiger partial charge in [0, 0.05) is 22.8 Å². The van der Waals surface area contributed by atoms with Crippen molar-refractivity contribution in [1.29, 1.82) is 0 Å². The van der Waals surface area contributed by atoms with E-state index < -0.39 is 0 Å². The van der Waals surface area contributed by atoms with Crippen molar-refractivity contribution in [2.45, 2.75) is 13.5 Å². The number of nitrogens with one attached hydrogen (secondary N) is 1. The van der Waals surface area contributed by atoms with E-state index in [-0.39, 0.29) is 0 Å². The number of nitrogens with zero attached hydrogens (tertiary/aromatic N) is 1. The van der Waals surface area contributed by atoms with Crippen LogP contribution in [0.2, 0.25) is 0 Å². The molecule has 1 aromatic carbocycles. The van der Waals surface area contributed by atoms with Crippen LogP contribution >= 0.6 is 11.3 Å². The van der Waals surface area contributed by atoms with Gasteiger partial charge in [0.05, 0.1) is 6.61 Å². The van der Waals surface area contributed by atoms with E-state index in [2.05, 4.69) is 33.9 Å². The Hall–Kier alpha value is -2.07. The van der Waals surface area contributed by atoms with Crippen LogP contribution < -0.4 is 10.1 Å². The topological polar surface area (TPSA) is 34.1 Å². The summed E-state index contributed by atoms with van der Waals surface area (Å²) in [6, 6.07) is 12.3. The van der Waals surface area contributed by atoms with Crippen LogP contribution in [0.1, 0.15) is 12.5 Å².